The van der Waals surface area contributed by atoms with Crippen LogP contribution in [0.2, 0.25) is 5.02 Å². The quantitative estimate of drug-likeness (QED) is 0.723. The monoisotopic (exact) mass is 378 g/mol. The molecule has 2 aromatic carbocycles. The van der Waals surface area contributed by atoms with E-state index in [4.69, 9.17) is 21.6 Å². The molecule has 0 radical (unpaired) electrons. The molecule has 1 amide bonds. The summed E-state index contributed by atoms with van der Waals surface area (Å²) in [7, 11) is 0. The Morgan fingerprint density at radius 2 is 2.08 bits per heavy atom. The van der Waals surface area contributed by atoms with E-state index in [1.54, 1.807) is 24.3 Å². The number of carbonyl (C=O) groups excluding carboxylic acids is 1. The van der Waals surface area contributed by atoms with Crippen molar-refractivity contribution in [1.29, 1.82) is 5.26 Å². The van der Waals surface area contributed by atoms with Crippen molar-refractivity contribution in [3.63, 3.8) is 0 Å². The van der Waals surface area contributed by atoms with Gasteiger partial charge in [-0.05, 0) is 43.2 Å². The summed E-state index contributed by atoms with van der Waals surface area (Å²) in [4.78, 5) is 12.0. The second kappa shape index (κ2) is 9.16. The van der Waals surface area contributed by atoms with Crippen molar-refractivity contribution < 1.29 is 18.3 Å². The summed E-state index contributed by atoms with van der Waals surface area (Å²) in [6, 6.07) is 8.72. The van der Waals surface area contributed by atoms with Gasteiger partial charge in [-0.15, -0.1) is 0 Å². The van der Waals surface area contributed by atoms with Gasteiger partial charge in [0.15, 0.2) is 0 Å². The summed E-state index contributed by atoms with van der Waals surface area (Å²) in [5, 5.41) is 12.2. The number of hydrogen-bond donors (Lipinski definition) is 1. The maximum Gasteiger partial charge on any atom is 0.221 e. The zero-order valence-corrected chi connectivity index (χ0v) is 14.8. The van der Waals surface area contributed by atoms with Gasteiger partial charge in [0.05, 0.1) is 12.7 Å². The second-order valence-corrected chi connectivity index (χ2v) is 6.09. The number of nitrogens with zero attached hydrogens (tertiary/aromatic N) is 1. The predicted octanol–water partition coefficient (Wildman–Crippen LogP) is 4.47. The smallest absolute Gasteiger partial charge is 0.221 e. The standard InChI is InChI=1S/C19H17ClF2N2O2/c1-12-9-13(20)4-7-18(12)26-8-2-3-19(25)24-17(11-23)15-6-5-14(21)10-16(15)22/h4-7,9-10,17H,2-3,8H2,1H3,(H,24,25). The second-order valence-electron chi connectivity index (χ2n) is 5.66. The van der Waals surface area contributed by atoms with Crippen LogP contribution >= 0.6 is 11.6 Å². The minimum atomic E-state index is -1.18. The molecule has 2 aromatic rings. The Morgan fingerprint density at radius 1 is 1.31 bits per heavy atom. The van der Waals surface area contributed by atoms with Crippen LogP contribution in [0, 0.1) is 29.9 Å². The molecule has 0 fully saturated rings. The molecule has 136 valence electrons. The number of nitriles is 1. The summed E-state index contributed by atoms with van der Waals surface area (Å²) in [6.07, 6.45) is 0.519. The molecule has 1 N–H and O–H groups in total. The fourth-order valence-corrected chi connectivity index (χ4v) is 2.56. The number of nitrogens with one attached hydrogen (secondary N) is 1. The van der Waals surface area contributed by atoms with Crippen LogP contribution in [-0.4, -0.2) is 12.5 Å². The molecule has 0 spiro atoms. The molecular formula is C19H17ClF2N2O2. The van der Waals surface area contributed by atoms with Crippen molar-refractivity contribution in [1.82, 2.24) is 5.32 Å². The first-order valence-corrected chi connectivity index (χ1v) is 8.31. The van der Waals surface area contributed by atoms with E-state index in [9.17, 15) is 13.6 Å². The summed E-state index contributed by atoms with van der Waals surface area (Å²) in [6.45, 7) is 2.17. The van der Waals surface area contributed by atoms with Gasteiger partial charge < -0.3 is 10.1 Å². The van der Waals surface area contributed by atoms with Crippen molar-refractivity contribution in [2.24, 2.45) is 0 Å². The molecule has 0 saturated heterocycles. The summed E-state index contributed by atoms with van der Waals surface area (Å²) >= 11 is 5.87. The van der Waals surface area contributed by atoms with Gasteiger partial charge in [-0.3, -0.25) is 4.79 Å². The van der Waals surface area contributed by atoms with Crippen LogP contribution in [0.5, 0.6) is 5.75 Å². The van der Waals surface area contributed by atoms with Crippen molar-refractivity contribution in [3.05, 3.63) is 64.2 Å². The number of ether oxygens (including phenoxy) is 1. The molecular weight excluding hydrogens is 362 g/mol. The molecule has 0 heterocycles. The Bertz CT molecular complexity index is 837. The summed E-state index contributed by atoms with van der Waals surface area (Å²) < 4.78 is 32.3. The van der Waals surface area contributed by atoms with Crippen LogP contribution in [0.15, 0.2) is 36.4 Å². The highest BCUT2D eigenvalue weighted by molar-refractivity contribution is 6.30. The van der Waals surface area contributed by atoms with Crippen LogP contribution in [0.25, 0.3) is 0 Å². The maximum absolute atomic E-state index is 13.7. The van der Waals surface area contributed by atoms with Crippen molar-refractivity contribution >= 4 is 17.5 Å². The molecule has 1 atom stereocenters. The molecule has 1 unspecified atom stereocenters. The molecule has 0 aliphatic carbocycles. The lowest BCUT2D eigenvalue weighted by Gasteiger charge is -2.13. The molecule has 26 heavy (non-hydrogen) atoms. The Labute approximate surface area is 155 Å². The number of aryl methyl sites for hydroxylation is 1. The van der Waals surface area contributed by atoms with Crippen molar-refractivity contribution in [2.45, 2.75) is 25.8 Å². The first-order chi connectivity index (χ1) is 12.4. The van der Waals surface area contributed by atoms with Gasteiger partial charge in [0.2, 0.25) is 5.91 Å². The van der Waals surface area contributed by atoms with Gasteiger partial charge in [0, 0.05) is 23.1 Å². The van der Waals surface area contributed by atoms with Crippen molar-refractivity contribution in [3.8, 4) is 11.8 Å². The fraction of sp³-hybridized carbons (Fsp3) is 0.263. The van der Waals surface area contributed by atoms with Crippen LogP contribution < -0.4 is 10.1 Å². The van der Waals surface area contributed by atoms with E-state index in [-0.39, 0.29) is 12.0 Å². The van der Waals surface area contributed by atoms with E-state index in [0.29, 0.717) is 29.9 Å². The van der Waals surface area contributed by atoms with Gasteiger partial charge in [-0.2, -0.15) is 5.26 Å². The number of halogens is 3. The third-order valence-electron chi connectivity index (χ3n) is 3.65. The van der Waals surface area contributed by atoms with Crippen LogP contribution in [-0.2, 0) is 4.79 Å². The lowest BCUT2D eigenvalue weighted by molar-refractivity contribution is -0.121. The predicted molar refractivity (Wildman–Crippen MR) is 93.8 cm³/mol. The topological polar surface area (TPSA) is 62.1 Å². The van der Waals surface area contributed by atoms with E-state index in [1.807, 2.05) is 6.92 Å². The number of carbonyl (C=O) groups is 1. The third-order valence-corrected chi connectivity index (χ3v) is 3.89. The Kier molecular flexibility index (Phi) is 6.93. The van der Waals surface area contributed by atoms with E-state index < -0.39 is 23.6 Å². The van der Waals surface area contributed by atoms with Crippen LogP contribution in [0.1, 0.15) is 30.0 Å². The lowest BCUT2D eigenvalue weighted by Crippen LogP contribution is -2.28. The van der Waals surface area contributed by atoms with E-state index in [1.165, 1.54) is 0 Å². The number of rotatable bonds is 7. The lowest BCUT2D eigenvalue weighted by atomic mass is 10.1. The molecule has 2 rings (SSSR count). The third kappa shape index (κ3) is 5.43. The first kappa shape index (κ1) is 19.7. The largest absolute Gasteiger partial charge is 0.493 e. The zero-order chi connectivity index (χ0) is 19.1. The van der Waals surface area contributed by atoms with Crippen LogP contribution in [0.4, 0.5) is 8.78 Å². The highest BCUT2D eigenvalue weighted by atomic mass is 35.5. The summed E-state index contributed by atoms with van der Waals surface area (Å²) in [5.74, 6) is -1.36. The minimum absolute atomic E-state index is 0.0738. The maximum atomic E-state index is 13.7. The van der Waals surface area contributed by atoms with Crippen LogP contribution in [0.3, 0.4) is 0 Å². The molecule has 0 aliphatic heterocycles. The Balaban J connectivity index is 1.83. The molecule has 0 aromatic heterocycles. The highest BCUT2D eigenvalue weighted by Crippen LogP contribution is 2.22. The Hall–Kier alpha value is -2.65. The SMILES string of the molecule is Cc1cc(Cl)ccc1OCCCC(=O)NC(C#N)c1ccc(F)cc1F. The minimum Gasteiger partial charge on any atom is -0.493 e. The molecule has 4 nitrogen and oxygen atoms in total. The first-order valence-electron chi connectivity index (χ1n) is 7.93. The summed E-state index contributed by atoms with van der Waals surface area (Å²) in [5.41, 5.74) is 0.813. The van der Waals surface area contributed by atoms with Gasteiger partial charge in [0.25, 0.3) is 0 Å². The molecule has 7 heteroatoms. The van der Waals surface area contributed by atoms with Gasteiger partial charge in [-0.1, -0.05) is 17.7 Å². The zero-order valence-electron chi connectivity index (χ0n) is 14.1. The average molecular weight is 379 g/mol. The van der Waals surface area contributed by atoms with E-state index >= 15 is 0 Å². The van der Waals surface area contributed by atoms with Gasteiger partial charge >= 0.3 is 0 Å². The van der Waals surface area contributed by atoms with Gasteiger partial charge in [0.1, 0.15) is 23.4 Å². The van der Waals surface area contributed by atoms with Crippen molar-refractivity contribution in [2.75, 3.05) is 6.61 Å². The van der Waals surface area contributed by atoms with Gasteiger partial charge in [-0.25, -0.2) is 8.78 Å². The molecule has 0 bridgehead atoms. The molecule has 0 aliphatic rings. The van der Waals surface area contributed by atoms with E-state index in [2.05, 4.69) is 5.32 Å². The highest BCUT2D eigenvalue weighted by Gasteiger charge is 2.18. The molecule has 0 saturated carbocycles. The Morgan fingerprint density at radius 3 is 2.73 bits per heavy atom. The number of amides is 1. The normalized spacial score (nSPS) is 11.5. The van der Waals surface area contributed by atoms with E-state index in [0.717, 1.165) is 17.7 Å². The number of benzene rings is 2. The average Bonchev–Trinajstić information content (AvgIpc) is 2.58. The number of hydrogen-bond acceptors (Lipinski definition) is 3. The fourth-order valence-electron chi connectivity index (χ4n) is 2.34.